The minimum absolute atomic E-state index is 0.100. The summed E-state index contributed by atoms with van der Waals surface area (Å²) >= 11 is 0. The van der Waals surface area contributed by atoms with Crippen LogP contribution in [-0.4, -0.2) is 13.1 Å². The fraction of sp³-hybridized carbons (Fsp3) is 0.500. The summed E-state index contributed by atoms with van der Waals surface area (Å²) in [4.78, 5) is 0. The molecule has 0 unspecified atom stereocenters. The van der Waals surface area contributed by atoms with Gasteiger partial charge in [0.25, 0.3) is 0 Å². The Morgan fingerprint density at radius 1 is 1.29 bits per heavy atom. The van der Waals surface area contributed by atoms with Crippen LogP contribution in [0.5, 0.6) is 0 Å². The molecule has 1 saturated heterocycles. The van der Waals surface area contributed by atoms with Gasteiger partial charge in [0.2, 0.25) is 0 Å². The molecule has 74 valence electrons. The summed E-state index contributed by atoms with van der Waals surface area (Å²) in [6.45, 7) is 2.28. The maximum absolute atomic E-state index is 13.0. The van der Waals surface area contributed by atoms with E-state index in [-0.39, 0.29) is 5.82 Å². The average molecular weight is 191 g/mol. The largest absolute Gasteiger partial charge is 0.316 e. The molecule has 2 aliphatic rings. The number of hydrogen-bond acceptors (Lipinski definition) is 1. The van der Waals surface area contributed by atoms with E-state index in [1.165, 1.54) is 18.1 Å². The van der Waals surface area contributed by atoms with Crippen molar-refractivity contribution in [3.05, 3.63) is 35.6 Å². The molecule has 0 radical (unpaired) electrons. The van der Waals surface area contributed by atoms with Crippen LogP contribution in [0.1, 0.15) is 17.9 Å². The molecule has 1 heterocycles. The smallest absolute Gasteiger partial charge is 0.123 e. The van der Waals surface area contributed by atoms with Gasteiger partial charge in [0.15, 0.2) is 0 Å². The summed E-state index contributed by atoms with van der Waals surface area (Å²) in [5.41, 5.74) is 1.19. The first kappa shape index (κ1) is 8.42. The second-order valence-electron chi connectivity index (χ2n) is 4.48. The zero-order valence-electron chi connectivity index (χ0n) is 8.04. The third-order valence-corrected chi connectivity index (χ3v) is 3.74. The molecule has 1 aliphatic heterocycles. The third kappa shape index (κ3) is 1.17. The molecule has 1 saturated carbocycles. The lowest BCUT2D eigenvalue weighted by Gasteiger charge is -2.40. The van der Waals surface area contributed by atoms with Gasteiger partial charge in [-0.1, -0.05) is 12.1 Å². The van der Waals surface area contributed by atoms with Crippen LogP contribution in [-0.2, 0) is 0 Å². The summed E-state index contributed by atoms with van der Waals surface area (Å²) in [5.74, 6) is 2.11. The van der Waals surface area contributed by atoms with Crippen molar-refractivity contribution in [1.82, 2.24) is 5.32 Å². The first-order valence-corrected chi connectivity index (χ1v) is 5.31. The lowest BCUT2D eigenvalue weighted by Crippen LogP contribution is -2.33. The molecule has 0 aromatic heterocycles. The van der Waals surface area contributed by atoms with Gasteiger partial charge in [0.05, 0.1) is 0 Å². The molecular formula is C12H14FN. The Labute approximate surface area is 83.3 Å². The summed E-state index contributed by atoms with van der Waals surface area (Å²) in [5, 5.41) is 3.40. The zero-order chi connectivity index (χ0) is 9.54. The predicted octanol–water partition coefficient (Wildman–Crippen LogP) is 2.15. The standard InChI is InChI=1S/C12H14FN/c13-10-3-1-2-8(4-10)11-5-9-6-14-7-12(9)11/h1-4,9,11-12,14H,5-7H2/t9-,11+,12-/m1/s1. The van der Waals surface area contributed by atoms with Crippen molar-refractivity contribution in [3.63, 3.8) is 0 Å². The number of rotatable bonds is 1. The minimum atomic E-state index is -0.100. The lowest BCUT2D eigenvalue weighted by atomic mass is 9.64. The minimum Gasteiger partial charge on any atom is -0.316 e. The number of hydrogen-bond donors (Lipinski definition) is 1. The summed E-state index contributed by atoms with van der Waals surface area (Å²) < 4.78 is 13.0. The molecule has 2 fully saturated rings. The van der Waals surface area contributed by atoms with E-state index in [4.69, 9.17) is 0 Å². The highest BCUT2D eigenvalue weighted by Gasteiger charge is 2.44. The normalized spacial score (nSPS) is 35.1. The SMILES string of the molecule is Fc1cccc([C@@H]2C[C@@H]3CNC[C@H]32)c1. The first-order valence-electron chi connectivity index (χ1n) is 5.31. The van der Waals surface area contributed by atoms with E-state index in [9.17, 15) is 4.39 Å². The number of fused-ring (bicyclic) bond motifs is 1. The Kier molecular flexibility index (Phi) is 1.84. The molecule has 1 aromatic rings. The molecule has 2 heteroatoms. The van der Waals surface area contributed by atoms with Gasteiger partial charge in [0.1, 0.15) is 5.82 Å². The van der Waals surface area contributed by atoms with Gasteiger partial charge >= 0.3 is 0 Å². The second kappa shape index (κ2) is 3.06. The van der Waals surface area contributed by atoms with Gasteiger partial charge in [-0.2, -0.15) is 0 Å². The summed E-state index contributed by atoms with van der Waals surface area (Å²) in [6, 6.07) is 7.09. The topological polar surface area (TPSA) is 12.0 Å². The van der Waals surface area contributed by atoms with Gasteiger partial charge in [-0.15, -0.1) is 0 Å². The molecule has 1 nitrogen and oxygen atoms in total. The maximum Gasteiger partial charge on any atom is 0.123 e. The highest BCUT2D eigenvalue weighted by molar-refractivity contribution is 5.25. The first-order chi connectivity index (χ1) is 6.84. The summed E-state index contributed by atoms with van der Waals surface area (Å²) in [7, 11) is 0. The molecule has 1 aromatic carbocycles. The van der Waals surface area contributed by atoms with Gasteiger partial charge in [-0.25, -0.2) is 4.39 Å². The quantitative estimate of drug-likeness (QED) is 0.717. The highest BCUT2D eigenvalue weighted by atomic mass is 19.1. The van der Waals surface area contributed by atoms with Crippen LogP contribution in [0.25, 0.3) is 0 Å². The van der Waals surface area contributed by atoms with Crippen LogP contribution >= 0.6 is 0 Å². The predicted molar refractivity (Wildman–Crippen MR) is 53.6 cm³/mol. The van der Waals surface area contributed by atoms with Crippen molar-refractivity contribution in [2.45, 2.75) is 12.3 Å². The number of nitrogens with one attached hydrogen (secondary N) is 1. The van der Waals surface area contributed by atoms with Gasteiger partial charge < -0.3 is 5.32 Å². The third-order valence-electron chi connectivity index (χ3n) is 3.74. The molecule has 0 spiro atoms. The molecule has 3 atom stereocenters. The van der Waals surface area contributed by atoms with E-state index in [1.54, 1.807) is 6.07 Å². The van der Waals surface area contributed by atoms with E-state index in [0.717, 1.165) is 24.9 Å². The number of halogens is 1. The van der Waals surface area contributed by atoms with Crippen LogP contribution in [0.2, 0.25) is 0 Å². The van der Waals surface area contributed by atoms with Crippen molar-refractivity contribution >= 4 is 0 Å². The Bertz CT molecular complexity index is 350. The van der Waals surface area contributed by atoms with E-state index in [0.29, 0.717) is 5.92 Å². The fourth-order valence-corrected chi connectivity index (χ4v) is 2.91. The maximum atomic E-state index is 13.0. The van der Waals surface area contributed by atoms with E-state index >= 15 is 0 Å². The van der Waals surface area contributed by atoms with E-state index in [1.807, 2.05) is 6.07 Å². The lowest BCUT2D eigenvalue weighted by molar-refractivity contribution is 0.190. The molecule has 0 amide bonds. The summed E-state index contributed by atoms with van der Waals surface area (Å²) in [6.07, 6.45) is 1.24. The van der Waals surface area contributed by atoms with Crippen LogP contribution in [0.4, 0.5) is 4.39 Å². The van der Waals surface area contributed by atoms with E-state index < -0.39 is 0 Å². The van der Waals surface area contributed by atoms with Crippen molar-refractivity contribution in [2.75, 3.05) is 13.1 Å². The monoisotopic (exact) mass is 191 g/mol. The molecule has 14 heavy (non-hydrogen) atoms. The molecular weight excluding hydrogens is 177 g/mol. The Morgan fingerprint density at radius 3 is 3.00 bits per heavy atom. The van der Waals surface area contributed by atoms with Crippen LogP contribution in [0.15, 0.2) is 24.3 Å². The van der Waals surface area contributed by atoms with Gasteiger partial charge in [-0.3, -0.25) is 0 Å². The van der Waals surface area contributed by atoms with Crippen LogP contribution in [0, 0.1) is 17.7 Å². The van der Waals surface area contributed by atoms with E-state index in [2.05, 4.69) is 11.4 Å². The second-order valence-corrected chi connectivity index (χ2v) is 4.48. The average Bonchev–Trinajstić information content (AvgIpc) is 2.48. The zero-order valence-corrected chi connectivity index (χ0v) is 8.04. The molecule has 1 aliphatic carbocycles. The molecule has 0 bridgehead atoms. The van der Waals surface area contributed by atoms with Crippen molar-refractivity contribution in [2.24, 2.45) is 11.8 Å². The molecule has 1 N–H and O–H groups in total. The van der Waals surface area contributed by atoms with Gasteiger partial charge in [0, 0.05) is 0 Å². The van der Waals surface area contributed by atoms with Crippen LogP contribution < -0.4 is 5.32 Å². The Morgan fingerprint density at radius 2 is 2.21 bits per heavy atom. The van der Waals surface area contributed by atoms with Crippen LogP contribution in [0.3, 0.4) is 0 Å². The Hall–Kier alpha value is -0.890. The van der Waals surface area contributed by atoms with Crippen molar-refractivity contribution in [3.8, 4) is 0 Å². The van der Waals surface area contributed by atoms with Crippen molar-refractivity contribution in [1.29, 1.82) is 0 Å². The van der Waals surface area contributed by atoms with Crippen molar-refractivity contribution < 1.29 is 4.39 Å². The number of benzene rings is 1. The Balaban J connectivity index is 1.83. The highest BCUT2D eigenvalue weighted by Crippen LogP contribution is 2.48. The van der Waals surface area contributed by atoms with Gasteiger partial charge in [-0.05, 0) is 55.0 Å². The fourth-order valence-electron chi connectivity index (χ4n) is 2.91. The molecule has 3 rings (SSSR count).